The average molecular weight is 644 g/mol. The molecule has 0 radical (unpaired) electrons. The van der Waals surface area contributed by atoms with Crippen molar-refractivity contribution >= 4 is 45.5 Å². The largest absolute Gasteiger partial charge is 0.487 e. The molecular weight excluding hydrogens is 614 g/mol. The Morgan fingerprint density at radius 1 is 0.878 bits per heavy atom. The molecule has 4 rings (SSSR count). The second-order valence-electron chi connectivity index (χ2n) is 8.85. The van der Waals surface area contributed by atoms with Crippen LogP contribution >= 0.6 is 23.9 Å². The molecule has 0 aliphatic carbocycles. The van der Waals surface area contributed by atoms with Crippen LogP contribution < -0.4 is 20.7 Å². The van der Waals surface area contributed by atoms with Crippen LogP contribution in [0.15, 0.2) is 120 Å². The fourth-order valence-corrected chi connectivity index (χ4v) is 6.76. The van der Waals surface area contributed by atoms with Crippen LogP contribution in [0.3, 0.4) is 0 Å². The predicted octanol–water partition coefficient (Wildman–Crippen LogP) is 8.64. The van der Waals surface area contributed by atoms with Gasteiger partial charge in [0.15, 0.2) is 0 Å². The van der Waals surface area contributed by atoms with Crippen LogP contribution in [0.1, 0.15) is 25.3 Å². The van der Waals surface area contributed by atoms with Gasteiger partial charge in [0.05, 0.1) is 11.5 Å². The number of ether oxygens (including phenoxy) is 1. The van der Waals surface area contributed by atoms with Crippen molar-refractivity contribution in [1.82, 2.24) is 0 Å². The van der Waals surface area contributed by atoms with Gasteiger partial charge < -0.3 is 4.74 Å². The van der Waals surface area contributed by atoms with E-state index in [9.17, 15) is 23.3 Å². The topological polar surface area (TPSA) is 52.4 Å². The number of halogens is 4. The Hall–Kier alpha value is -3.48. The Kier molecular flexibility index (Phi) is 12.6. The third-order valence-corrected chi connectivity index (χ3v) is 8.68. The Bertz CT molecular complexity index is 1310. The van der Waals surface area contributed by atoms with Crippen molar-refractivity contribution in [3.63, 3.8) is 0 Å². The zero-order chi connectivity index (χ0) is 29.7. The van der Waals surface area contributed by atoms with Crippen LogP contribution in [0.25, 0.3) is 0 Å². The van der Waals surface area contributed by atoms with Gasteiger partial charge in [-0.2, -0.15) is 13.2 Å². The van der Waals surface area contributed by atoms with Crippen molar-refractivity contribution in [1.29, 1.82) is 0 Å². The molecule has 4 aromatic rings. The highest BCUT2D eigenvalue weighted by molar-refractivity contribution is 9.10. The predicted molar refractivity (Wildman–Crippen MR) is 165 cm³/mol. The monoisotopic (exact) mass is 643 g/mol. The van der Waals surface area contributed by atoms with Gasteiger partial charge in [0.25, 0.3) is 0 Å². The zero-order valence-electron chi connectivity index (χ0n) is 22.4. The molecule has 4 nitrogen and oxygen atoms in total. The molecule has 4 aromatic carbocycles. The van der Waals surface area contributed by atoms with Crippen molar-refractivity contribution in [3.8, 4) is 5.75 Å². The number of nitro groups is 1. The summed E-state index contributed by atoms with van der Waals surface area (Å²) in [6.07, 6.45) is -1.54. The molecule has 0 heterocycles. The summed E-state index contributed by atoms with van der Waals surface area (Å²) in [5.41, 5.74) is 0.284. The summed E-state index contributed by atoms with van der Waals surface area (Å²) in [5.74, 6) is 0.0217. The Morgan fingerprint density at radius 3 is 1.78 bits per heavy atom. The van der Waals surface area contributed by atoms with Crippen molar-refractivity contribution in [2.24, 2.45) is 0 Å². The second kappa shape index (κ2) is 16.1. The van der Waals surface area contributed by atoms with Gasteiger partial charge in [0, 0.05) is 22.5 Å². The normalized spacial score (nSPS) is 11.3. The fourth-order valence-electron chi connectivity index (χ4n) is 3.96. The van der Waals surface area contributed by atoms with E-state index in [0.29, 0.717) is 16.5 Å². The summed E-state index contributed by atoms with van der Waals surface area (Å²) in [5, 5.41) is 15.3. The second-order valence-corrected chi connectivity index (χ2v) is 12.0. The molecule has 41 heavy (non-hydrogen) atoms. The molecule has 0 aliphatic heterocycles. The number of nitrogens with zero attached hydrogens (tertiary/aromatic N) is 1. The number of hydrogen-bond acceptors (Lipinski definition) is 3. The van der Waals surface area contributed by atoms with Gasteiger partial charge in [0.1, 0.15) is 0 Å². The quantitative estimate of drug-likeness (QED) is 0.0571. The van der Waals surface area contributed by atoms with E-state index in [-0.39, 0.29) is 24.5 Å². The lowest BCUT2D eigenvalue weighted by molar-refractivity contribution is -0.386. The maximum atomic E-state index is 12.1. The molecule has 0 spiro atoms. The van der Waals surface area contributed by atoms with Crippen LogP contribution in [0, 0.1) is 10.1 Å². The molecule has 214 valence electrons. The zero-order valence-corrected chi connectivity index (χ0v) is 24.9. The van der Waals surface area contributed by atoms with Gasteiger partial charge in [0.2, 0.25) is 5.75 Å². The molecule has 0 amide bonds. The first kappa shape index (κ1) is 32.0. The van der Waals surface area contributed by atoms with E-state index in [0.717, 1.165) is 0 Å². The lowest BCUT2D eigenvalue weighted by Gasteiger charge is -2.18. The molecule has 0 unspecified atom stereocenters. The minimum Gasteiger partial charge on any atom is -0.487 e. The van der Waals surface area contributed by atoms with Crippen molar-refractivity contribution in [3.05, 3.63) is 135 Å². The average Bonchev–Trinajstić information content (AvgIpc) is 2.96. The summed E-state index contributed by atoms with van der Waals surface area (Å²) in [6.45, 7) is 1.57. The van der Waals surface area contributed by atoms with E-state index in [2.05, 4.69) is 107 Å². The maximum Gasteiger partial charge on any atom is 0.389 e. The minimum absolute atomic E-state index is 0.0217. The van der Waals surface area contributed by atoms with Crippen LogP contribution in [0.2, 0.25) is 0 Å². The Labute approximate surface area is 247 Å². The smallest absolute Gasteiger partial charge is 0.389 e. The highest BCUT2D eigenvalue weighted by Crippen LogP contribution is 2.36. The standard InChI is InChI=1S/C18H15P.C14H15BrF3NO3/c1-4-10-16(11-5-1)19(17-12-6-2-7-13-17)18-14-8-3-9-15-18;1-2-3-5-10-8-11(15)9-12(19(20)21)13(10)22-7-4-6-14(16,17)18/h1-15H;2-3,8-9H,4-7H2,1H3. The summed E-state index contributed by atoms with van der Waals surface area (Å²) in [4.78, 5) is 10.5. The molecule has 0 N–H and O–H groups in total. The fraction of sp³-hybridized carbons (Fsp3) is 0.188. The number of alkyl halides is 3. The van der Waals surface area contributed by atoms with E-state index < -0.39 is 25.4 Å². The first-order valence-electron chi connectivity index (χ1n) is 12.9. The van der Waals surface area contributed by atoms with Gasteiger partial charge in [-0.15, -0.1) is 0 Å². The van der Waals surface area contributed by atoms with Gasteiger partial charge >= 0.3 is 11.9 Å². The van der Waals surface area contributed by atoms with E-state index >= 15 is 0 Å². The minimum atomic E-state index is -4.26. The van der Waals surface area contributed by atoms with Gasteiger partial charge in [-0.05, 0) is 49.7 Å². The van der Waals surface area contributed by atoms with Crippen LogP contribution in [0.4, 0.5) is 18.9 Å². The highest BCUT2D eigenvalue weighted by Gasteiger charge is 2.27. The van der Waals surface area contributed by atoms with Crippen molar-refractivity contribution in [2.45, 2.75) is 32.4 Å². The van der Waals surface area contributed by atoms with Crippen molar-refractivity contribution < 1.29 is 22.8 Å². The molecule has 0 aromatic heterocycles. The Morgan fingerprint density at radius 2 is 1.37 bits per heavy atom. The third-order valence-electron chi connectivity index (χ3n) is 5.78. The molecule has 0 aliphatic rings. The lowest BCUT2D eigenvalue weighted by atomic mass is 10.1. The molecule has 0 saturated heterocycles. The highest BCUT2D eigenvalue weighted by atomic mass is 79.9. The van der Waals surface area contributed by atoms with Gasteiger partial charge in [-0.25, -0.2) is 0 Å². The lowest BCUT2D eigenvalue weighted by Crippen LogP contribution is -2.20. The van der Waals surface area contributed by atoms with Crippen LogP contribution in [0.5, 0.6) is 5.75 Å². The number of allylic oxidation sites excluding steroid dienone is 2. The van der Waals surface area contributed by atoms with Gasteiger partial charge in [-0.1, -0.05) is 119 Å². The van der Waals surface area contributed by atoms with E-state index in [1.165, 1.54) is 22.0 Å². The van der Waals surface area contributed by atoms with Gasteiger partial charge in [-0.3, -0.25) is 10.1 Å². The van der Waals surface area contributed by atoms with E-state index in [1.54, 1.807) is 25.1 Å². The number of nitro benzene ring substituents is 1. The summed E-state index contributed by atoms with van der Waals surface area (Å²) in [7, 11) is -0.446. The third kappa shape index (κ3) is 10.5. The SMILES string of the molecule is CC=CCc1cc(Br)cc([N+](=O)[O-])c1OCCCC(F)(F)F.c1ccc(P(c2ccccc2)c2ccccc2)cc1. The summed E-state index contributed by atoms with van der Waals surface area (Å²) >= 11 is 3.18. The molecule has 0 saturated carbocycles. The summed E-state index contributed by atoms with van der Waals surface area (Å²) < 4.78 is 42.1. The first-order valence-corrected chi connectivity index (χ1v) is 15.1. The number of hydrogen-bond donors (Lipinski definition) is 0. The first-order chi connectivity index (χ1) is 19.7. The van der Waals surface area contributed by atoms with E-state index in [1.807, 2.05) is 0 Å². The molecule has 0 atom stereocenters. The molecule has 9 heteroatoms. The van der Waals surface area contributed by atoms with E-state index in [4.69, 9.17) is 4.74 Å². The van der Waals surface area contributed by atoms with Crippen molar-refractivity contribution in [2.75, 3.05) is 6.61 Å². The maximum absolute atomic E-state index is 12.1. The van der Waals surface area contributed by atoms with Crippen LogP contribution in [-0.2, 0) is 6.42 Å². The number of rotatable bonds is 10. The summed E-state index contributed by atoms with van der Waals surface area (Å²) in [6, 6.07) is 35.3. The number of benzene rings is 4. The molecule has 0 fully saturated rings. The molecule has 0 bridgehead atoms. The Balaban J connectivity index is 0.000000227. The molecular formula is C32H30BrF3NO3P. The van der Waals surface area contributed by atoms with Crippen LogP contribution in [-0.4, -0.2) is 17.7 Å².